The molecule has 0 amide bonds. The van der Waals surface area contributed by atoms with Crippen molar-refractivity contribution in [2.45, 2.75) is 44.7 Å². The van der Waals surface area contributed by atoms with Crippen molar-refractivity contribution in [3.8, 4) is 0 Å². The van der Waals surface area contributed by atoms with Gasteiger partial charge >= 0.3 is 0 Å². The zero-order valence-corrected chi connectivity index (χ0v) is 11.2. The largest absolute Gasteiger partial charge is 0.349 e. The molecular formula is C13H22N4O. The van der Waals surface area contributed by atoms with Gasteiger partial charge in [-0.1, -0.05) is 0 Å². The predicted octanol–water partition coefficient (Wildman–Crippen LogP) is 0.876. The van der Waals surface area contributed by atoms with E-state index in [1.54, 1.807) is 24.0 Å². The maximum absolute atomic E-state index is 12.1. The van der Waals surface area contributed by atoms with Crippen molar-refractivity contribution in [3.63, 3.8) is 0 Å². The van der Waals surface area contributed by atoms with Crippen LogP contribution >= 0.6 is 0 Å². The SMILES string of the molecule is CCN(c1nccn(C)c1=O)C1CCC(N)CC1. The molecule has 1 aliphatic carbocycles. The summed E-state index contributed by atoms with van der Waals surface area (Å²) in [6.45, 7) is 2.88. The molecule has 1 heterocycles. The summed E-state index contributed by atoms with van der Waals surface area (Å²) >= 11 is 0. The predicted molar refractivity (Wildman–Crippen MR) is 72.7 cm³/mol. The van der Waals surface area contributed by atoms with E-state index in [-0.39, 0.29) is 5.56 Å². The smallest absolute Gasteiger partial charge is 0.293 e. The summed E-state index contributed by atoms with van der Waals surface area (Å²) in [5.41, 5.74) is 5.91. The Labute approximate surface area is 108 Å². The maximum Gasteiger partial charge on any atom is 0.293 e. The molecule has 1 aromatic rings. The van der Waals surface area contributed by atoms with Crippen molar-refractivity contribution in [2.24, 2.45) is 12.8 Å². The average Bonchev–Trinajstić information content (AvgIpc) is 2.37. The summed E-state index contributed by atoms with van der Waals surface area (Å²) in [6.07, 6.45) is 7.55. The molecule has 0 saturated heterocycles. The lowest BCUT2D eigenvalue weighted by atomic mass is 9.91. The molecule has 1 saturated carbocycles. The molecule has 1 fully saturated rings. The monoisotopic (exact) mass is 250 g/mol. The van der Waals surface area contributed by atoms with Gasteiger partial charge in [-0.2, -0.15) is 0 Å². The van der Waals surface area contributed by atoms with Gasteiger partial charge in [0.2, 0.25) is 0 Å². The molecule has 2 N–H and O–H groups in total. The van der Waals surface area contributed by atoms with E-state index in [9.17, 15) is 4.79 Å². The highest BCUT2D eigenvalue weighted by Gasteiger charge is 2.25. The van der Waals surface area contributed by atoms with Crippen LogP contribution in [0, 0.1) is 0 Å². The van der Waals surface area contributed by atoms with Crippen molar-refractivity contribution >= 4 is 5.82 Å². The Morgan fingerprint density at radius 3 is 2.72 bits per heavy atom. The highest BCUT2D eigenvalue weighted by Crippen LogP contribution is 2.23. The third kappa shape index (κ3) is 2.56. The minimum absolute atomic E-state index is 0.0192. The third-order valence-corrected chi connectivity index (χ3v) is 3.79. The third-order valence-electron chi connectivity index (χ3n) is 3.79. The fourth-order valence-corrected chi connectivity index (χ4v) is 2.68. The number of nitrogens with zero attached hydrogens (tertiary/aromatic N) is 3. The molecule has 0 bridgehead atoms. The Balaban J connectivity index is 2.23. The minimum Gasteiger partial charge on any atom is -0.349 e. The molecule has 5 nitrogen and oxygen atoms in total. The van der Waals surface area contributed by atoms with Crippen LogP contribution in [-0.4, -0.2) is 28.2 Å². The van der Waals surface area contributed by atoms with Crippen molar-refractivity contribution in [1.29, 1.82) is 0 Å². The number of aromatic nitrogens is 2. The van der Waals surface area contributed by atoms with Crippen LogP contribution in [-0.2, 0) is 7.05 Å². The number of anilines is 1. The Kier molecular flexibility index (Phi) is 4.01. The molecule has 0 spiro atoms. The van der Waals surface area contributed by atoms with E-state index < -0.39 is 0 Å². The summed E-state index contributed by atoms with van der Waals surface area (Å²) in [5.74, 6) is 0.572. The van der Waals surface area contributed by atoms with E-state index in [0.717, 1.165) is 32.2 Å². The van der Waals surface area contributed by atoms with Gasteiger partial charge in [-0.25, -0.2) is 4.98 Å². The molecule has 0 unspecified atom stereocenters. The van der Waals surface area contributed by atoms with Gasteiger partial charge in [-0.05, 0) is 32.6 Å². The molecule has 18 heavy (non-hydrogen) atoms. The fraction of sp³-hybridized carbons (Fsp3) is 0.692. The second-order valence-corrected chi connectivity index (χ2v) is 5.02. The van der Waals surface area contributed by atoms with Gasteiger partial charge in [0, 0.05) is 38.1 Å². The van der Waals surface area contributed by atoms with Crippen molar-refractivity contribution in [3.05, 3.63) is 22.7 Å². The quantitative estimate of drug-likeness (QED) is 0.865. The Morgan fingerprint density at radius 1 is 1.44 bits per heavy atom. The lowest BCUT2D eigenvalue weighted by Crippen LogP contribution is -2.44. The molecule has 5 heteroatoms. The lowest BCUT2D eigenvalue weighted by molar-refractivity contribution is 0.376. The number of nitrogens with two attached hydrogens (primary N) is 1. The normalized spacial score (nSPS) is 23.9. The van der Waals surface area contributed by atoms with Crippen LogP contribution in [0.3, 0.4) is 0 Å². The number of aryl methyl sites for hydroxylation is 1. The molecule has 0 atom stereocenters. The fourth-order valence-electron chi connectivity index (χ4n) is 2.68. The molecule has 0 aromatic carbocycles. The van der Waals surface area contributed by atoms with Crippen LogP contribution in [0.2, 0.25) is 0 Å². The van der Waals surface area contributed by atoms with Crippen LogP contribution in [0.4, 0.5) is 5.82 Å². The molecular weight excluding hydrogens is 228 g/mol. The standard InChI is InChI=1S/C13H22N4O/c1-3-17(11-6-4-10(14)5-7-11)12-13(18)16(2)9-8-15-12/h8-11H,3-7,14H2,1-2H3. The molecule has 0 aliphatic heterocycles. The van der Waals surface area contributed by atoms with Gasteiger partial charge in [-0.3, -0.25) is 4.79 Å². The van der Waals surface area contributed by atoms with E-state index in [4.69, 9.17) is 5.73 Å². The van der Waals surface area contributed by atoms with Crippen LogP contribution in [0.1, 0.15) is 32.6 Å². The van der Waals surface area contributed by atoms with Gasteiger partial charge in [0.05, 0.1) is 0 Å². The van der Waals surface area contributed by atoms with Crippen molar-refractivity contribution < 1.29 is 0 Å². The summed E-state index contributed by atoms with van der Waals surface area (Å²) in [6, 6.07) is 0.726. The van der Waals surface area contributed by atoms with Crippen molar-refractivity contribution in [2.75, 3.05) is 11.4 Å². The summed E-state index contributed by atoms with van der Waals surface area (Å²) in [5, 5.41) is 0. The first-order chi connectivity index (χ1) is 8.63. The zero-order chi connectivity index (χ0) is 13.1. The Morgan fingerprint density at radius 2 is 2.11 bits per heavy atom. The van der Waals surface area contributed by atoms with Crippen LogP contribution in [0.15, 0.2) is 17.2 Å². The molecule has 0 radical (unpaired) electrons. The van der Waals surface area contributed by atoms with Crippen LogP contribution in [0.25, 0.3) is 0 Å². The van der Waals surface area contributed by atoms with Gasteiger partial charge in [0.1, 0.15) is 0 Å². The number of hydrogen-bond acceptors (Lipinski definition) is 4. The maximum atomic E-state index is 12.1. The van der Waals surface area contributed by atoms with Gasteiger partial charge in [0.25, 0.3) is 5.56 Å². The van der Waals surface area contributed by atoms with E-state index in [0.29, 0.717) is 17.9 Å². The summed E-state index contributed by atoms with van der Waals surface area (Å²) in [4.78, 5) is 18.5. The average molecular weight is 250 g/mol. The summed E-state index contributed by atoms with van der Waals surface area (Å²) in [7, 11) is 1.76. The van der Waals surface area contributed by atoms with Gasteiger partial charge in [-0.15, -0.1) is 0 Å². The van der Waals surface area contributed by atoms with Crippen LogP contribution in [0.5, 0.6) is 0 Å². The number of hydrogen-bond donors (Lipinski definition) is 1. The minimum atomic E-state index is -0.0192. The summed E-state index contributed by atoms with van der Waals surface area (Å²) < 4.78 is 1.58. The first kappa shape index (κ1) is 13.1. The highest BCUT2D eigenvalue weighted by atomic mass is 16.1. The molecule has 1 aromatic heterocycles. The lowest BCUT2D eigenvalue weighted by Gasteiger charge is -2.35. The molecule has 1 aliphatic rings. The van der Waals surface area contributed by atoms with E-state index in [2.05, 4.69) is 16.8 Å². The van der Waals surface area contributed by atoms with Crippen molar-refractivity contribution in [1.82, 2.24) is 9.55 Å². The van der Waals surface area contributed by atoms with Gasteiger partial charge < -0.3 is 15.2 Å². The molecule has 100 valence electrons. The topological polar surface area (TPSA) is 64.2 Å². The number of rotatable bonds is 3. The highest BCUT2D eigenvalue weighted by molar-refractivity contribution is 5.37. The Bertz CT molecular complexity index is 449. The first-order valence-corrected chi connectivity index (χ1v) is 6.67. The Hall–Kier alpha value is -1.36. The second kappa shape index (κ2) is 5.52. The van der Waals surface area contributed by atoms with E-state index in [1.165, 1.54) is 0 Å². The second-order valence-electron chi connectivity index (χ2n) is 5.02. The van der Waals surface area contributed by atoms with Gasteiger partial charge in [0.15, 0.2) is 5.82 Å². The molecule has 2 rings (SSSR count). The zero-order valence-electron chi connectivity index (χ0n) is 11.2. The first-order valence-electron chi connectivity index (χ1n) is 6.67. The van der Waals surface area contributed by atoms with E-state index >= 15 is 0 Å². The van der Waals surface area contributed by atoms with E-state index in [1.807, 2.05) is 0 Å². The van der Waals surface area contributed by atoms with Crippen LogP contribution < -0.4 is 16.2 Å².